The second-order valence-electron chi connectivity index (χ2n) is 7.36. The highest BCUT2D eigenvalue weighted by atomic mass is 16.5. The second-order valence-corrected chi connectivity index (χ2v) is 7.36. The van der Waals surface area contributed by atoms with E-state index in [0.717, 1.165) is 28.6 Å². The maximum Gasteiger partial charge on any atom is 0.310 e. The molecular weight excluding hydrogens is 328 g/mol. The fourth-order valence-corrected chi connectivity index (χ4v) is 4.76. The number of esters is 1. The number of Topliss-reactive ketones (excluding diaryl/α,β-unsaturated/α-hetero) is 1. The van der Waals surface area contributed by atoms with Crippen molar-refractivity contribution in [3.63, 3.8) is 0 Å². The summed E-state index contributed by atoms with van der Waals surface area (Å²) < 4.78 is 5.14. The molecule has 5 nitrogen and oxygen atoms in total. The van der Waals surface area contributed by atoms with Crippen molar-refractivity contribution >= 4 is 22.7 Å². The van der Waals surface area contributed by atoms with Gasteiger partial charge < -0.3 is 9.72 Å². The van der Waals surface area contributed by atoms with Crippen LogP contribution in [0.1, 0.15) is 29.4 Å². The Hall–Kier alpha value is -2.40. The molecule has 4 rings (SSSR count). The molecule has 5 heteroatoms. The van der Waals surface area contributed by atoms with Crippen LogP contribution in [0.4, 0.5) is 0 Å². The van der Waals surface area contributed by atoms with Crippen molar-refractivity contribution < 1.29 is 14.3 Å². The number of carbonyl (C=O) groups is 2. The molecule has 0 saturated carbocycles. The highest BCUT2D eigenvalue weighted by Gasteiger charge is 2.46. The van der Waals surface area contributed by atoms with Gasteiger partial charge in [0.1, 0.15) is 0 Å². The zero-order chi connectivity index (χ0) is 18.4. The van der Waals surface area contributed by atoms with Crippen LogP contribution >= 0.6 is 0 Å². The lowest BCUT2D eigenvalue weighted by molar-refractivity contribution is -0.150. The zero-order valence-electron chi connectivity index (χ0n) is 15.4. The molecule has 1 aromatic carbocycles. The summed E-state index contributed by atoms with van der Waals surface area (Å²) >= 11 is 0. The van der Waals surface area contributed by atoms with E-state index in [2.05, 4.69) is 16.9 Å². The van der Waals surface area contributed by atoms with Gasteiger partial charge >= 0.3 is 5.97 Å². The average molecular weight is 352 g/mol. The van der Waals surface area contributed by atoms with Gasteiger partial charge in [0.25, 0.3) is 0 Å². The first-order valence-electron chi connectivity index (χ1n) is 9.11. The number of allylic oxidation sites excluding steroid dienone is 1. The van der Waals surface area contributed by atoms with E-state index < -0.39 is 0 Å². The van der Waals surface area contributed by atoms with Crippen LogP contribution in [0.2, 0.25) is 0 Å². The third-order valence-electron chi connectivity index (χ3n) is 6.08. The molecule has 0 radical (unpaired) electrons. The number of likely N-dealkylation sites (N-methyl/N-ethyl adjacent to an activating group) is 1. The molecule has 3 atom stereocenters. The molecule has 1 saturated heterocycles. The Morgan fingerprint density at radius 3 is 2.81 bits per heavy atom. The predicted octanol–water partition coefficient (Wildman–Crippen LogP) is 2.96. The first-order chi connectivity index (χ1) is 12.5. The number of aromatic nitrogens is 1. The molecule has 0 unspecified atom stereocenters. The van der Waals surface area contributed by atoms with Gasteiger partial charge in [0.05, 0.1) is 18.7 Å². The monoisotopic (exact) mass is 352 g/mol. The first kappa shape index (κ1) is 17.0. The van der Waals surface area contributed by atoms with E-state index in [9.17, 15) is 9.59 Å². The molecule has 1 aliphatic heterocycles. The zero-order valence-corrected chi connectivity index (χ0v) is 15.4. The van der Waals surface area contributed by atoms with Gasteiger partial charge in [-0.05, 0) is 32.0 Å². The Kier molecular flexibility index (Phi) is 4.19. The SMILES string of the molecule is C/C=C1/CN(C)[C@@H]2Cc3c([nH]c4ccccc34)C(=O)C[C@H]1[C@@H]2C(=O)OC. The summed E-state index contributed by atoms with van der Waals surface area (Å²) in [7, 11) is 3.49. The number of H-pyrrole nitrogens is 1. The largest absolute Gasteiger partial charge is 0.469 e. The second kappa shape index (κ2) is 6.40. The summed E-state index contributed by atoms with van der Waals surface area (Å²) in [5.74, 6) is -0.559. The van der Waals surface area contributed by atoms with Crippen molar-refractivity contribution in [2.75, 3.05) is 20.7 Å². The van der Waals surface area contributed by atoms with Gasteiger partial charge in [-0.15, -0.1) is 0 Å². The van der Waals surface area contributed by atoms with Gasteiger partial charge in [0, 0.05) is 35.8 Å². The van der Waals surface area contributed by atoms with Crippen molar-refractivity contribution in [1.82, 2.24) is 9.88 Å². The first-order valence-corrected chi connectivity index (χ1v) is 9.11. The minimum atomic E-state index is -0.323. The molecule has 1 fully saturated rings. The van der Waals surface area contributed by atoms with Crippen LogP contribution in [0, 0.1) is 11.8 Å². The number of benzene rings is 1. The average Bonchev–Trinajstić information content (AvgIpc) is 3.01. The normalized spacial score (nSPS) is 27.9. The van der Waals surface area contributed by atoms with Gasteiger partial charge in [-0.1, -0.05) is 29.8 Å². The lowest BCUT2D eigenvalue weighted by Gasteiger charge is -2.45. The van der Waals surface area contributed by atoms with Crippen LogP contribution in [0.3, 0.4) is 0 Å². The number of rotatable bonds is 1. The van der Waals surface area contributed by atoms with E-state index in [4.69, 9.17) is 4.74 Å². The number of likely N-dealkylation sites (tertiary alicyclic amines) is 1. The van der Waals surface area contributed by atoms with Gasteiger partial charge in [0.15, 0.2) is 5.78 Å². The Bertz CT molecular complexity index is 911. The fourth-order valence-electron chi connectivity index (χ4n) is 4.76. The van der Waals surface area contributed by atoms with E-state index in [1.807, 2.05) is 37.3 Å². The minimum Gasteiger partial charge on any atom is -0.469 e. The maximum absolute atomic E-state index is 13.1. The molecular formula is C21H24N2O3. The molecule has 2 aromatic rings. The van der Waals surface area contributed by atoms with Crippen molar-refractivity contribution in [3.8, 4) is 0 Å². The number of ether oxygens (including phenoxy) is 1. The highest BCUT2D eigenvalue weighted by Crippen LogP contribution is 2.41. The van der Waals surface area contributed by atoms with E-state index >= 15 is 0 Å². The summed E-state index contributed by atoms with van der Waals surface area (Å²) in [6.45, 7) is 2.76. The van der Waals surface area contributed by atoms with Crippen molar-refractivity contribution in [3.05, 3.63) is 47.2 Å². The van der Waals surface area contributed by atoms with E-state index in [0.29, 0.717) is 18.5 Å². The van der Waals surface area contributed by atoms with Gasteiger partial charge in [-0.3, -0.25) is 14.5 Å². The molecule has 0 spiro atoms. The number of fused-ring (bicyclic) bond motifs is 5. The lowest BCUT2D eigenvalue weighted by atomic mass is 9.70. The number of methoxy groups -OCH3 is 1. The summed E-state index contributed by atoms with van der Waals surface area (Å²) in [6.07, 6.45) is 3.05. The lowest BCUT2D eigenvalue weighted by Crippen LogP contribution is -2.54. The molecule has 0 amide bonds. The summed E-state index contributed by atoms with van der Waals surface area (Å²) in [5.41, 5.74) is 3.85. The number of piperidine rings is 1. The third kappa shape index (κ3) is 2.50. The summed E-state index contributed by atoms with van der Waals surface area (Å²) in [5, 5.41) is 1.07. The van der Waals surface area contributed by atoms with Crippen molar-refractivity contribution in [2.24, 2.45) is 11.8 Å². The molecule has 136 valence electrons. The Balaban J connectivity index is 1.91. The number of carbonyl (C=O) groups excluding carboxylic acids is 2. The Labute approximate surface area is 153 Å². The quantitative estimate of drug-likeness (QED) is 0.633. The Morgan fingerprint density at radius 1 is 1.31 bits per heavy atom. The molecule has 1 N–H and O–H groups in total. The number of nitrogens with one attached hydrogen (secondary N) is 1. The van der Waals surface area contributed by atoms with Gasteiger partial charge in [0.2, 0.25) is 0 Å². The topological polar surface area (TPSA) is 62.4 Å². The number of nitrogens with zero attached hydrogens (tertiary/aromatic N) is 1. The summed E-state index contributed by atoms with van der Waals surface area (Å²) in [6, 6.07) is 8.02. The van der Waals surface area contributed by atoms with Crippen LogP contribution in [0.15, 0.2) is 35.9 Å². The van der Waals surface area contributed by atoms with Gasteiger partial charge in [-0.25, -0.2) is 0 Å². The van der Waals surface area contributed by atoms with E-state index in [1.54, 1.807) is 0 Å². The van der Waals surface area contributed by atoms with Gasteiger partial charge in [-0.2, -0.15) is 0 Å². The van der Waals surface area contributed by atoms with Crippen LogP contribution in [-0.2, 0) is 16.0 Å². The molecule has 2 bridgehead atoms. The number of hydrogen-bond donors (Lipinski definition) is 1. The minimum absolute atomic E-state index is 0.0159. The number of hydrogen-bond acceptors (Lipinski definition) is 4. The van der Waals surface area contributed by atoms with Crippen LogP contribution in [-0.4, -0.2) is 48.4 Å². The molecule has 26 heavy (non-hydrogen) atoms. The molecule has 1 aromatic heterocycles. The van der Waals surface area contributed by atoms with Crippen molar-refractivity contribution in [1.29, 1.82) is 0 Å². The third-order valence-corrected chi connectivity index (χ3v) is 6.08. The fraction of sp³-hybridized carbons (Fsp3) is 0.429. The number of ketones is 1. The molecule has 1 aliphatic carbocycles. The maximum atomic E-state index is 13.1. The Morgan fingerprint density at radius 2 is 2.08 bits per heavy atom. The number of aromatic amines is 1. The van der Waals surface area contributed by atoms with Crippen LogP contribution < -0.4 is 0 Å². The summed E-state index contributed by atoms with van der Waals surface area (Å²) in [4.78, 5) is 31.3. The molecule has 2 aliphatic rings. The van der Waals surface area contributed by atoms with Crippen LogP contribution in [0.25, 0.3) is 10.9 Å². The number of para-hydroxylation sites is 1. The predicted molar refractivity (Wildman–Crippen MR) is 100 cm³/mol. The smallest absolute Gasteiger partial charge is 0.310 e. The highest BCUT2D eigenvalue weighted by molar-refractivity contribution is 6.03. The van der Waals surface area contributed by atoms with Crippen LogP contribution in [0.5, 0.6) is 0 Å². The van der Waals surface area contributed by atoms with E-state index in [-0.39, 0.29) is 29.6 Å². The van der Waals surface area contributed by atoms with Crippen molar-refractivity contribution in [2.45, 2.75) is 25.8 Å². The standard InChI is InChI=1S/C21H24N2O3/c1-4-12-11-23(2)17-9-15-13-7-5-6-8-16(13)22-20(15)18(24)10-14(12)19(17)21(25)26-3/h4-8,14,17,19,22H,9-11H2,1-3H3/b12-4-/t14-,17-,19+/m1/s1. The molecule has 2 heterocycles. The van der Waals surface area contributed by atoms with E-state index in [1.165, 1.54) is 7.11 Å².